The van der Waals surface area contributed by atoms with Crippen LogP contribution in [-0.2, 0) is 11.3 Å². The molecule has 0 aliphatic heterocycles. The van der Waals surface area contributed by atoms with Crippen LogP contribution >= 0.6 is 23.2 Å². The standard InChI is InChI=1S/C24H19Cl2N3O3/c1-15-12-17(10-11-19(15)25)32-14-22(30)27-28-23-18-7-3-5-9-21(18)29(24(23)31)13-16-6-2-4-8-20(16)26/h2-12,31H,13-14H2,1H3. The zero-order valence-corrected chi connectivity index (χ0v) is 18.6. The molecule has 4 rings (SSSR count). The van der Waals surface area contributed by atoms with Gasteiger partial charge in [-0.3, -0.25) is 4.79 Å². The maximum Gasteiger partial charge on any atom is 0.302 e. The van der Waals surface area contributed by atoms with E-state index in [0.717, 1.165) is 16.6 Å². The molecule has 0 spiro atoms. The van der Waals surface area contributed by atoms with Gasteiger partial charge in [0.1, 0.15) is 5.75 Å². The minimum Gasteiger partial charge on any atom is -0.493 e. The molecular weight excluding hydrogens is 449 g/mol. The normalized spacial score (nSPS) is 11.3. The van der Waals surface area contributed by atoms with Gasteiger partial charge >= 0.3 is 5.91 Å². The smallest absolute Gasteiger partial charge is 0.302 e. The van der Waals surface area contributed by atoms with Crippen molar-refractivity contribution >= 4 is 45.7 Å². The number of hydrogen-bond acceptors (Lipinski definition) is 4. The third kappa shape index (κ3) is 4.61. The highest BCUT2D eigenvalue weighted by Gasteiger charge is 2.17. The fraction of sp³-hybridized carbons (Fsp3) is 0.125. The molecular formula is C24H19Cl2N3O3. The molecule has 3 aromatic carbocycles. The lowest BCUT2D eigenvalue weighted by molar-refractivity contribution is -0.120. The molecule has 0 aliphatic carbocycles. The first-order valence-electron chi connectivity index (χ1n) is 9.81. The van der Waals surface area contributed by atoms with E-state index in [4.69, 9.17) is 27.9 Å². The fourth-order valence-electron chi connectivity index (χ4n) is 3.31. The van der Waals surface area contributed by atoms with Gasteiger partial charge in [-0.05, 0) is 48.4 Å². The predicted octanol–water partition coefficient (Wildman–Crippen LogP) is 6.70. The summed E-state index contributed by atoms with van der Waals surface area (Å²) in [6.45, 7) is 1.90. The van der Waals surface area contributed by atoms with Gasteiger partial charge in [0.15, 0.2) is 12.3 Å². The minimum atomic E-state index is -0.583. The molecule has 162 valence electrons. The molecule has 1 amide bonds. The molecule has 6 nitrogen and oxygen atoms in total. The van der Waals surface area contributed by atoms with Crippen LogP contribution in [-0.4, -0.2) is 22.2 Å². The van der Waals surface area contributed by atoms with Crippen LogP contribution in [0.1, 0.15) is 11.1 Å². The number of amides is 1. The second kappa shape index (κ2) is 9.42. The Morgan fingerprint density at radius 2 is 1.78 bits per heavy atom. The Morgan fingerprint density at radius 1 is 1.03 bits per heavy atom. The lowest BCUT2D eigenvalue weighted by atomic mass is 10.2. The van der Waals surface area contributed by atoms with Crippen LogP contribution in [0.15, 0.2) is 77.0 Å². The Bertz CT molecular complexity index is 1330. The molecule has 0 saturated carbocycles. The van der Waals surface area contributed by atoms with Gasteiger partial charge in [-0.2, -0.15) is 0 Å². The molecule has 32 heavy (non-hydrogen) atoms. The van der Waals surface area contributed by atoms with E-state index >= 15 is 0 Å². The number of aromatic nitrogens is 1. The summed E-state index contributed by atoms with van der Waals surface area (Å²) in [4.78, 5) is 12.2. The van der Waals surface area contributed by atoms with Crippen LogP contribution in [0.5, 0.6) is 11.6 Å². The fourth-order valence-corrected chi connectivity index (χ4v) is 3.63. The zero-order chi connectivity index (χ0) is 22.7. The average molecular weight is 468 g/mol. The molecule has 1 aromatic heterocycles. The number of benzene rings is 3. The molecule has 0 bridgehead atoms. The third-order valence-corrected chi connectivity index (χ3v) is 5.75. The molecule has 0 radical (unpaired) electrons. The molecule has 0 saturated heterocycles. The summed E-state index contributed by atoms with van der Waals surface area (Å²) in [5.74, 6) is -0.175. The summed E-state index contributed by atoms with van der Waals surface area (Å²) < 4.78 is 7.15. The first kappa shape index (κ1) is 21.9. The van der Waals surface area contributed by atoms with Gasteiger partial charge in [0.25, 0.3) is 0 Å². The predicted molar refractivity (Wildman–Crippen MR) is 125 cm³/mol. The van der Waals surface area contributed by atoms with Crippen LogP contribution in [0, 0.1) is 6.92 Å². The van der Waals surface area contributed by atoms with Crippen LogP contribution in [0.2, 0.25) is 10.0 Å². The summed E-state index contributed by atoms with van der Waals surface area (Å²) in [6, 6.07) is 19.9. The Balaban J connectivity index is 1.56. The van der Waals surface area contributed by atoms with Gasteiger partial charge < -0.3 is 14.4 Å². The number of aryl methyl sites for hydroxylation is 1. The van der Waals surface area contributed by atoms with Crippen molar-refractivity contribution < 1.29 is 14.6 Å². The molecule has 8 heteroatoms. The monoisotopic (exact) mass is 467 g/mol. The highest BCUT2D eigenvalue weighted by Crippen LogP contribution is 2.39. The van der Waals surface area contributed by atoms with Gasteiger partial charge in [0.2, 0.25) is 5.88 Å². The number of halogens is 2. The van der Waals surface area contributed by atoms with Gasteiger partial charge in [0.05, 0.1) is 12.1 Å². The van der Waals surface area contributed by atoms with Crippen molar-refractivity contribution in [1.82, 2.24) is 4.57 Å². The maximum atomic E-state index is 12.2. The van der Waals surface area contributed by atoms with Crippen LogP contribution in [0.25, 0.3) is 10.9 Å². The number of aromatic hydroxyl groups is 1. The maximum absolute atomic E-state index is 12.2. The highest BCUT2D eigenvalue weighted by atomic mass is 35.5. The Morgan fingerprint density at radius 3 is 2.56 bits per heavy atom. The number of rotatable bonds is 6. The van der Waals surface area contributed by atoms with E-state index < -0.39 is 5.91 Å². The van der Waals surface area contributed by atoms with Crippen LogP contribution in [0.4, 0.5) is 5.69 Å². The minimum absolute atomic E-state index is 0.100. The lowest BCUT2D eigenvalue weighted by Gasteiger charge is -2.08. The van der Waals surface area contributed by atoms with Crippen molar-refractivity contribution in [3.8, 4) is 11.6 Å². The summed E-state index contributed by atoms with van der Waals surface area (Å²) in [5.41, 5.74) is 2.65. The van der Waals surface area contributed by atoms with E-state index in [1.807, 2.05) is 49.4 Å². The van der Waals surface area contributed by atoms with E-state index in [9.17, 15) is 9.90 Å². The van der Waals surface area contributed by atoms with Crippen molar-refractivity contribution in [3.63, 3.8) is 0 Å². The summed E-state index contributed by atoms with van der Waals surface area (Å²) >= 11 is 12.3. The summed E-state index contributed by atoms with van der Waals surface area (Å²) in [6.07, 6.45) is 0. The largest absolute Gasteiger partial charge is 0.493 e. The molecule has 0 unspecified atom stereocenters. The Labute approximate surface area is 194 Å². The highest BCUT2D eigenvalue weighted by molar-refractivity contribution is 6.31. The van der Waals surface area contributed by atoms with E-state index in [0.29, 0.717) is 27.7 Å². The van der Waals surface area contributed by atoms with Crippen LogP contribution in [0.3, 0.4) is 0 Å². The number of hydrogen-bond donors (Lipinski definition) is 1. The van der Waals surface area contributed by atoms with E-state index in [1.54, 1.807) is 28.8 Å². The van der Waals surface area contributed by atoms with Gasteiger partial charge in [-0.15, -0.1) is 10.2 Å². The average Bonchev–Trinajstić information content (AvgIpc) is 3.05. The van der Waals surface area contributed by atoms with E-state index in [2.05, 4.69) is 10.2 Å². The van der Waals surface area contributed by atoms with Crippen molar-refractivity contribution in [2.45, 2.75) is 13.5 Å². The SMILES string of the molecule is Cc1cc(OCC(=O)N=Nc2c(O)n(Cc3ccccc3Cl)c3ccccc23)ccc1Cl. The molecule has 1 N–H and O–H groups in total. The van der Waals surface area contributed by atoms with Crippen molar-refractivity contribution in [2.75, 3.05) is 6.61 Å². The van der Waals surface area contributed by atoms with Crippen molar-refractivity contribution in [2.24, 2.45) is 10.2 Å². The Kier molecular flexibility index (Phi) is 6.44. The van der Waals surface area contributed by atoms with E-state index in [1.165, 1.54) is 0 Å². The number of para-hydroxylation sites is 1. The molecule has 4 aromatic rings. The van der Waals surface area contributed by atoms with Crippen LogP contribution < -0.4 is 4.74 Å². The number of ether oxygens (including phenoxy) is 1. The quantitative estimate of drug-likeness (QED) is 0.320. The second-order valence-electron chi connectivity index (χ2n) is 7.16. The summed E-state index contributed by atoms with van der Waals surface area (Å²) in [5, 5.41) is 20.5. The zero-order valence-electron chi connectivity index (χ0n) is 17.1. The first-order chi connectivity index (χ1) is 15.4. The molecule has 1 heterocycles. The third-order valence-electron chi connectivity index (χ3n) is 4.96. The molecule has 0 atom stereocenters. The number of azo groups is 1. The number of fused-ring (bicyclic) bond motifs is 1. The van der Waals surface area contributed by atoms with Gasteiger partial charge in [-0.1, -0.05) is 59.6 Å². The number of nitrogens with zero attached hydrogens (tertiary/aromatic N) is 3. The molecule has 0 fully saturated rings. The van der Waals surface area contributed by atoms with Crippen molar-refractivity contribution in [1.29, 1.82) is 0 Å². The lowest BCUT2D eigenvalue weighted by Crippen LogP contribution is -2.07. The second-order valence-corrected chi connectivity index (χ2v) is 7.97. The topological polar surface area (TPSA) is 76.2 Å². The number of carbonyl (C=O) groups excluding carboxylic acids is 1. The van der Waals surface area contributed by atoms with Gasteiger partial charge in [0, 0.05) is 15.4 Å². The summed E-state index contributed by atoms with van der Waals surface area (Å²) in [7, 11) is 0. The Hall–Kier alpha value is -3.35. The van der Waals surface area contributed by atoms with E-state index in [-0.39, 0.29) is 18.2 Å². The van der Waals surface area contributed by atoms with Gasteiger partial charge in [-0.25, -0.2) is 0 Å². The first-order valence-corrected chi connectivity index (χ1v) is 10.6. The molecule has 0 aliphatic rings. The van der Waals surface area contributed by atoms with Crippen molar-refractivity contribution in [3.05, 3.63) is 87.9 Å². The number of carbonyl (C=O) groups is 1.